The second kappa shape index (κ2) is 5.71. The van der Waals surface area contributed by atoms with Gasteiger partial charge in [0, 0.05) is 11.8 Å². The molecule has 1 heterocycles. The minimum absolute atomic E-state index is 0.255. The van der Waals surface area contributed by atoms with Gasteiger partial charge in [0.1, 0.15) is 5.82 Å². The lowest BCUT2D eigenvalue weighted by Gasteiger charge is -2.17. The minimum Gasteiger partial charge on any atom is -0.271 e. The number of hydrazine groups is 1. The van der Waals surface area contributed by atoms with E-state index in [1.165, 1.54) is 11.8 Å². The molecule has 0 amide bonds. The number of halogens is 1. The zero-order chi connectivity index (χ0) is 13.0. The summed E-state index contributed by atoms with van der Waals surface area (Å²) >= 11 is 0. The highest BCUT2D eigenvalue weighted by Crippen LogP contribution is 2.20. The first kappa shape index (κ1) is 12.7. The number of pyridine rings is 1. The molecule has 0 saturated heterocycles. The maximum absolute atomic E-state index is 13.7. The van der Waals surface area contributed by atoms with E-state index in [1.54, 1.807) is 12.3 Å². The molecule has 0 bridgehead atoms. The lowest BCUT2D eigenvalue weighted by atomic mass is 9.99. The van der Waals surface area contributed by atoms with Crippen LogP contribution in [0.5, 0.6) is 0 Å². The summed E-state index contributed by atoms with van der Waals surface area (Å²) in [6, 6.07) is 9.49. The molecule has 18 heavy (non-hydrogen) atoms. The number of rotatable bonds is 4. The normalized spacial score (nSPS) is 12.4. The van der Waals surface area contributed by atoms with Crippen molar-refractivity contribution in [1.29, 1.82) is 0 Å². The Bertz CT molecular complexity index is 528. The highest BCUT2D eigenvalue weighted by atomic mass is 19.1. The standard InChI is InChI=1S/C14H16FN3/c1-10-3-2-4-11(7-10)8-14(18-16)12-5-6-17-9-13(12)15/h2-7,9,14,18H,8,16H2,1H3. The van der Waals surface area contributed by atoms with E-state index in [1.807, 2.05) is 25.1 Å². The van der Waals surface area contributed by atoms with Crippen LogP contribution in [0, 0.1) is 12.7 Å². The zero-order valence-corrected chi connectivity index (χ0v) is 10.2. The van der Waals surface area contributed by atoms with Gasteiger partial charge in [-0.3, -0.25) is 16.3 Å². The Hall–Kier alpha value is -1.78. The van der Waals surface area contributed by atoms with Gasteiger partial charge >= 0.3 is 0 Å². The molecule has 2 aromatic rings. The molecule has 0 aliphatic carbocycles. The number of aryl methyl sites for hydroxylation is 1. The summed E-state index contributed by atoms with van der Waals surface area (Å²) in [6.45, 7) is 2.03. The fourth-order valence-corrected chi connectivity index (χ4v) is 2.00. The largest absolute Gasteiger partial charge is 0.271 e. The Morgan fingerprint density at radius 3 is 2.89 bits per heavy atom. The van der Waals surface area contributed by atoms with Crippen molar-refractivity contribution < 1.29 is 4.39 Å². The van der Waals surface area contributed by atoms with Crippen LogP contribution in [0.15, 0.2) is 42.7 Å². The molecule has 0 aliphatic rings. The van der Waals surface area contributed by atoms with Crippen molar-refractivity contribution >= 4 is 0 Å². The molecule has 3 nitrogen and oxygen atoms in total. The number of nitrogens with zero attached hydrogens (tertiary/aromatic N) is 1. The maximum Gasteiger partial charge on any atom is 0.146 e. The Kier molecular flexibility index (Phi) is 4.02. The molecule has 0 aliphatic heterocycles. The van der Waals surface area contributed by atoms with Crippen LogP contribution in [0.25, 0.3) is 0 Å². The van der Waals surface area contributed by atoms with Gasteiger partial charge < -0.3 is 0 Å². The van der Waals surface area contributed by atoms with Gasteiger partial charge in [-0.05, 0) is 25.0 Å². The van der Waals surface area contributed by atoms with E-state index in [2.05, 4.69) is 16.5 Å². The molecule has 0 fully saturated rings. The minimum atomic E-state index is -0.340. The third-order valence-electron chi connectivity index (χ3n) is 2.90. The molecule has 4 heteroatoms. The topological polar surface area (TPSA) is 50.9 Å². The van der Waals surface area contributed by atoms with Crippen molar-refractivity contribution in [3.63, 3.8) is 0 Å². The van der Waals surface area contributed by atoms with Crippen LogP contribution in [0.1, 0.15) is 22.7 Å². The van der Waals surface area contributed by atoms with Crippen LogP contribution in [0.3, 0.4) is 0 Å². The quantitative estimate of drug-likeness (QED) is 0.642. The highest BCUT2D eigenvalue weighted by molar-refractivity contribution is 5.26. The second-order valence-electron chi connectivity index (χ2n) is 4.31. The van der Waals surface area contributed by atoms with Crippen LogP contribution in [-0.4, -0.2) is 4.98 Å². The summed E-state index contributed by atoms with van der Waals surface area (Å²) in [7, 11) is 0. The average Bonchev–Trinajstić information content (AvgIpc) is 2.37. The van der Waals surface area contributed by atoms with Gasteiger partial charge in [-0.2, -0.15) is 0 Å². The molecule has 0 radical (unpaired) electrons. The molecule has 0 spiro atoms. The predicted octanol–water partition coefficient (Wildman–Crippen LogP) is 2.28. The first-order valence-electron chi connectivity index (χ1n) is 5.82. The number of hydrogen-bond donors (Lipinski definition) is 2. The summed E-state index contributed by atoms with van der Waals surface area (Å²) < 4.78 is 13.7. The van der Waals surface area contributed by atoms with Crippen molar-refractivity contribution in [2.45, 2.75) is 19.4 Å². The number of nitrogens with one attached hydrogen (secondary N) is 1. The first-order valence-corrected chi connectivity index (χ1v) is 5.82. The van der Waals surface area contributed by atoms with E-state index in [-0.39, 0.29) is 11.9 Å². The maximum atomic E-state index is 13.7. The fourth-order valence-electron chi connectivity index (χ4n) is 2.00. The van der Waals surface area contributed by atoms with E-state index in [0.29, 0.717) is 12.0 Å². The molecular weight excluding hydrogens is 229 g/mol. The summed E-state index contributed by atoms with van der Waals surface area (Å²) in [4.78, 5) is 3.74. The van der Waals surface area contributed by atoms with E-state index < -0.39 is 0 Å². The van der Waals surface area contributed by atoms with E-state index in [4.69, 9.17) is 5.84 Å². The van der Waals surface area contributed by atoms with Gasteiger partial charge in [0.05, 0.1) is 12.2 Å². The second-order valence-corrected chi connectivity index (χ2v) is 4.31. The van der Waals surface area contributed by atoms with Crippen molar-refractivity contribution in [3.8, 4) is 0 Å². The molecule has 1 aromatic carbocycles. The van der Waals surface area contributed by atoms with E-state index in [9.17, 15) is 4.39 Å². The first-order chi connectivity index (χ1) is 8.70. The number of aromatic nitrogens is 1. The average molecular weight is 245 g/mol. The van der Waals surface area contributed by atoms with Crippen LogP contribution in [0.2, 0.25) is 0 Å². The zero-order valence-electron chi connectivity index (χ0n) is 10.2. The van der Waals surface area contributed by atoms with E-state index in [0.717, 1.165) is 5.56 Å². The van der Waals surface area contributed by atoms with Gasteiger partial charge in [-0.25, -0.2) is 4.39 Å². The van der Waals surface area contributed by atoms with Gasteiger partial charge in [0.2, 0.25) is 0 Å². The summed E-state index contributed by atoms with van der Waals surface area (Å²) in [5, 5.41) is 0. The van der Waals surface area contributed by atoms with Crippen molar-refractivity contribution in [2.24, 2.45) is 5.84 Å². The Balaban J connectivity index is 2.23. The SMILES string of the molecule is Cc1cccc(CC(NN)c2ccncc2F)c1. The van der Waals surface area contributed by atoms with Crippen LogP contribution >= 0.6 is 0 Å². The molecule has 1 unspecified atom stereocenters. The lowest BCUT2D eigenvalue weighted by molar-refractivity contribution is 0.508. The molecule has 2 rings (SSSR count). The number of hydrogen-bond acceptors (Lipinski definition) is 3. The highest BCUT2D eigenvalue weighted by Gasteiger charge is 2.14. The van der Waals surface area contributed by atoms with Crippen LogP contribution in [-0.2, 0) is 6.42 Å². The predicted molar refractivity (Wildman–Crippen MR) is 69.1 cm³/mol. The molecular formula is C14H16FN3. The molecule has 3 N–H and O–H groups in total. The molecule has 0 saturated carbocycles. The Morgan fingerprint density at radius 1 is 1.39 bits per heavy atom. The number of nitrogens with two attached hydrogens (primary N) is 1. The number of benzene rings is 1. The van der Waals surface area contributed by atoms with Crippen molar-refractivity contribution in [2.75, 3.05) is 0 Å². The van der Waals surface area contributed by atoms with Gasteiger partial charge in [0.25, 0.3) is 0 Å². The third kappa shape index (κ3) is 2.91. The van der Waals surface area contributed by atoms with Crippen LogP contribution in [0.4, 0.5) is 4.39 Å². The smallest absolute Gasteiger partial charge is 0.146 e. The van der Waals surface area contributed by atoms with Crippen molar-refractivity contribution in [1.82, 2.24) is 10.4 Å². The van der Waals surface area contributed by atoms with Crippen molar-refractivity contribution in [3.05, 3.63) is 65.2 Å². The summed E-state index contributed by atoms with van der Waals surface area (Å²) in [5.74, 6) is 5.18. The van der Waals surface area contributed by atoms with Crippen LogP contribution < -0.4 is 11.3 Å². The van der Waals surface area contributed by atoms with E-state index >= 15 is 0 Å². The Morgan fingerprint density at radius 2 is 2.22 bits per heavy atom. The van der Waals surface area contributed by atoms with Gasteiger partial charge in [-0.15, -0.1) is 0 Å². The molecule has 94 valence electrons. The monoisotopic (exact) mass is 245 g/mol. The summed E-state index contributed by atoms with van der Waals surface area (Å²) in [6.07, 6.45) is 3.41. The lowest BCUT2D eigenvalue weighted by Crippen LogP contribution is -2.30. The fraction of sp³-hybridized carbons (Fsp3) is 0.214. The van der Waals surface area contributed by atoms with Gasteiger partial charge in [-0.1, -0.05) is 29.8 Å². The molecule has 1 aromatic heterocycles. The summed E-state index contributed by atoms with van der Waals surface area (Å²) in [5.41, 5.74) is 5.49. The van der Waals surface area contributed by atoms with Gasteiger partial charge in [0.15, 0.2) is 0 Å². The third-order valence-corrected chi connectivity index (χ3v) is 2.90. The Labute approximate surface area is 106 Å². The molecule has 1 atom stereocenters.